The predicted octanol–water partition coefficient (Wildman–Crippen LogP) is 5.82. The smallest absolute Gasteiger partial charge is 0.337 e. The van der Waals surface area contributed by atoms with Crippen LogP contribution in [0.4, 0.5) is 18.9 Å². The highest BCUT2D eigenvalue weighted by Gasteiger charge is 2.18. The zero-order valence-electron chi connectivity index (χ0n) is 16.5. The minimum Gasteiger partial charge on any atom is -0.490 e. The van der Waals surface area contributed by atoms with Gasteiger partial charge in [0.1, 0.15) is 19.0 Å². The maximum Gasteiger partial charge on any atom is 0.337 e. The quantitative estimate of drug-likeness (QED) is 0.301. The number of carbonyl (C=O) groups excluding carboxylic acids is 1. The fourth-order valence-electron chi connectivity index (χ4n) is 2.71. The van der Waals surface area contributed by atoms with Crippen LogP contribution in [0.5, 0.6) is 11.5 Å². The SMILES string of the molecule is O=C(Nc1ccc(OCCOc2c(F)ccc(F)c2F)cc1C(=O)O)c1ccc(Cl)cc1Cl. The lowest BCUT2D eigenvalue weighted by Gasteiger charge is -2.13. The molecule has 0 unspecified atom stereocenters. The van der Waals surface area contributed by atoms with Crippen LogP contribution in [-0.4, -0.2) is 30.2 Å². The van der Waals surface area contributed by atoms with E-state index in [1.807, 2.05) is 0 Å². The number of amides is 1. The summed E-state index contributed by atoms with van der Waals surface area (Å²) in [6.07, 6.45) is 0. The van der Waals surface area contributed by atoms with Gasteiger partial charge in [-0.2, -0.15) is 4.39 Å². The molecule has 0 spiro atoms. The average molecular weight is 500 g/mol. The summed E-state index contributed by atoms with van der Waals surface area (Å²) >= 11 is 11.8. The molecular weight excluding hydrogens is 486 g/mol. The number of anilines is 1. The molecule has 0 aliphatic carbocycles. The second-order valence-electron chi connectivity index (χ2n) is 6.46. The van der Waals surface area contributed by atoms with Gasteiger partial charge in [0.05, 0.1) is 21.8 Å². The van der Waals surface area contributed by atoms with Crippen molar-refractivity contribution in [2.45, 2.75) is 0 Å². The van der Waals surface area contributed by atoms with E-state index in [0.717, 1.165) is 12.1 Å². The van der Waals surface area contributed by atoms with Gasteiger partial charge in [0.25, 0.3) is 5.91 Å². The Morgan fingerprint density at radius 2 is 1.58 bits per heavy atom. The van der Waals surface area contributed by atoms with Crippen molar-refractivity contribution < 1.29 is 37.3 Å². The number of aromatic carboxylic acids is 1. The largest absolute Gasteiger partial charge is 0.490 e. The summed E-state index contributed by atoms with van der Waals surface area (Å²) in [6, 6.07) is 9.38. The number of ether oxygens (including phenoxy) is 2. The third kappa shape index (κ3) is 5.88. The summed E-state index contributed by atoms with van der Waals surface area (Å²) in [4.78, 5) is 24.1. The zero-order valence-corrected chi connectivity index (χ0v) is 18.0. The fourth-order valence-corrected chi connectivity index (χ4v) is 3.20. The Bertz CT molecular complexity index is 1220. The van der Waals surface area contributed by atoms with E-state index in [0.29, 0.717) is 11.1 Å². The molecule has 0 saturated carbocycles. The van der Waals surface area contributed by atoms with Crippen LogP contribution >= 0.6 is 23.2 Å². The second-order valence-corrected chi connectivity index (χ2v) is 7.30. The normalized spacial score (nSPS) is 10.6. The van der Waals surface area contributed by atoms with Crippen molar-refractivity contribution in [3.63, 3.8) is 0 Å². The molecule has 11 heteroatoms. The molecule has 3 rings (SSSR count). The molecule has 0 aliphatic heterocycles. The second kappa shape index (κ2) is 10.5. The van der Waals surface area contributed by atoms with E-state index >= 15 is 0 Å². The molecule has 0 saturated heterocycles. The number of nitrogens with one attached hydrogen (secondary N) is 1. The molecule has 0 bridgehead atoms. The summed E-state index contributed by atoms with van der Waals surface area (Å²) < 4.78 is 50.5. The van der Waals surface area contributed by atoms with E-state index in [2.05, 4.69) is 5.32 Å². The van der Waals surface area contributed by atoms with Crippen LogP contribution in [0.2, 0.25) is 10.0 Å². The first kappa shape index (κ1) is 24.2. The van der Waals surface area contributed by atoms with Crippen LogP contribution in [0.15, 0.2) is 48.5 Å². The maximum absolute atomic E-state index is 13.6. The molecule has 0 aromatic heterocycles. The van der Waals surface area contributed by atoms with E-state index in [-0.39, 0.29) is 40.8 Å². The summed E-state index contributed by atoms with van der Waals surface area (Å²) in [7, 11) is 0. The Morgan fingerprint density at radius 1 is 0.879 bits per heavy atom. The molecule has 0 fully saturated rings. The highest BCUT2D eigenvalue weighted by molar-refractivity contribution is 6.37. The van der Waals surface area contributed by atoms with Gasteiger partial charge in [0.2, 0.25) is 5.82 Å². The Labute approximate surface area is 195 Å². The van der Waals surface area contributed by atoms with Crippen LogP contribution in [-0.2, 0) is 0 Å². The lowest BCUT2D eigenvalue weighted by molar-refractivity contribution is 0.0697. The van der Waals surface area contributed by atoms with Crippen LogP contribution in [0.3, 0.4) is 0 Å². The number of rotatable bonds is 8. The van der Waals surface area contributed by atoms with Gasteiger partial charge in [-0.15, -0.1) is 0 Å². The Hall–Kier alpha value is -3.43. The van der Waals surface area contributed by atoms with Crippen molar-refractivity contribution in [2.75, 3.05) is 18.5 Å². The van der Waals surface area contributed by atoms with Crippen molar-refractivity contribution in [2.24, 2.45) is 0 Å². The Morgan fingerprint density at radius 3 is 2.27 bits per heavy atom. The molecule has 3 aromatic rings. The highest BCUT2D eigenvalue weighted by atomic mass is 35.5. The Balaban J connectivity index is 1.67. The van der Waals surface area contributed by atoms with Gasteiger partial charge in [-0.3, -0.25) is 4.79 Å². The maximum atomic E-state index is 13.6. The summed E-state index contributed by atoms with van der Waals surface area (Å²) in [5, 5.41) is 12.3. The van der Waals surface area contributed by atoms with Crippen molar-refractivity contribution in [3.05, 3.63) is 87.2 Å². The molecular formula is C22H14Cl2F3NO5. The van der Waals surface area contributed by atoms with E-state index < -0.39 is 35.1 Å². The van der Waals surface area contributed by atoms with Crippen molar-refractivity contribution in [3.8, 4) is 11.5 Å². The molecule has 172 valence electrons. The minimum absolute atomic E-state index is 0.0222. The molecule has 6 nitrogen and oxygen atoms in total. The molecule has 0 heterocycles. The third-order valence-electron chi connectivity index (χ3n) is 4.25. The van der Waals surface area contributed by atoms with Gasteiger partial charge < -0.3 is 19.9 Å². The van der Waals surface area contributed by atoms with Crippen molar-refractivity contribution >= 4 is 40.8 Å². The van der Waals surface area contributed by atoms with Gasteiger partial charge in [-0.25, -0.2) is 13.6 Å². The summed E-state index contributed by atoms with van der Waals surface area (Å²) in [5.74, 6) is -6.62. The van der Waals surface area contributed by atoms with Gasteiger partial charge >= 0.3 is 5.97 Å². The van der Waals surface area contributed by atoms with Gasteiger partial charge in [0, 0.05) is 5.02 Å². The number of carboxylic acids is 1. The first-order valence-corrected chi connectivity index (χ1v) is 9.96. The monoisotopic (exact) mass is 499 g/mol. The zero-order chi connectivity index (χ0) is 24.1. The van der Waals surface area contributed by atoms with Crippen LogP contribution in [0.25, 0.3) is 0 Å². The first-order valence-electron chi connectivity index (χ1n) is 9.20. The van der Waals surface area contributed by atoms with E-state index in [1.165, 1.54) is 30.3 Å². The fraction of sp³-hybridized carbons (Fsp3) is 0.0909. The van der Waals surface area contributed by atoms with Crippen LogP contribution in [0.1, 0.15) is 20.7 Å². The number of benzene rings is 3. The molecule has 3 aromatic carbocycles. The molecule has 0 aliphatic rings. The molecule has 33 heavy (non-hydrogen) atoms. The van der Waals surface area contributed by atoms with Crippen LogP contribution in [0, 0.1) is 17.5 Å². The average Bonchev–Trinajstić information content (AvgIpc) is 2.76. The lowest BCUT2D eigenvalue weighted by Crippen LogP contribution is -2.16. The summed E-state index contributed by atoms with van der Waals surface area (Å²) in [6.45, 7) is -0.589. The van der Waals surface area contributed by atoms with Gasteiger partial charge in [0.15, 0.2) is 17.4 Å². The highest BCUT2D eigenvalue weighted by Crippen LogP contribution is 2.26. The number of carbonyl (C=O) groups is 2. The topological polar surface area (TPSA) is 84.9 Å². The van der Waals surface area contributed by atoms with Gasteiger partial charge in [-0.05, 0) is 48.5 Å². The molecule has 0 atom stereocenters. The lowest BCUT2D eigenvalue weighted by atomic mass is 10.1. The minimum atomic E-state index is -1.47. The number of carboxylic acid groups (broad SMARTS) is 1. The molecule has 1 amide bonds. The van der Waals surface area contributed by atoms with E-state index in [1.54, 1.807) is 0 Å². The molecule has 2 N–H and O–H groups in total. The van der Waals surface area contributed by atoms with Gasteiger partial charge in [-0.1, -0.05) is 23.2 Å². The number of hydrogen-bond donors (Lipinski definition) is 2. The van der Waals surface area contributed by atoms with Crippen molar-refractivity contribution in [1.29, 1.82) is 0 Å². The standard InChI is InChI=1S/C22H14Cl2F3NO5/c23-11-1-3-13(15(24)9-11)21(29)28-18-6-2-12(10-14(18)22(30)31)32-7-8-33-20-17(26)5-4-16(25)19(20)27/h1-6,9-10H,7-8H2,(H,28,29)(H,30,31). The Kier molecular flexibility index (Phi) is 7.67. The van der Waals surface area contributed by atoms with Crippen molar-refractivity contribution in [1.82, 2.24) is 0 Å². The van der Waals surface area contributed by atoms with E-state index in [4.69, 9.17) is 32.7 Å². The third-order valence-corrected chi connectivity index (χ3v) is 4.79. The molecule has 0 radical (unpaired) electrons. The summed E-state index contributed by atoms with van der Waals surface area (Å²) in [5.41, 5.74) is -0.216. The number of hydrogen-bond acceptors (Lipinski definition) is 4. The van der Waals surface area contributed by atoms with Crippen LogP contribution < -0.4 is 14.8 Å². The number of halogens is 5. The first-order chi connectivity index (χ1) is 15.7. The van der Waals surface area contributed by atoms with E-state index in [9.17, 15) is 27.9 Å². The predicted molar refractivity (Wildman–Crippen MR) is 115 cm³/mol.